The van der Waals surface area contributed by atoms with Crippen LogP contribution in [0.2, 0.25) is 0 Å². The molecule has 0 radical (unpaired) electrons. The van der Waals surface area contributed by atoms with Crippen LogP contribution in [-0.4, -0.2) is 17.6 Å². The Morgan fingerprint density at radius 1 is 1.29 bits per heavy atom. The summed E-state index contributed by atoms with van der Waals surface area (Å²) in [7, 11) is 1.60. The first kappa shape index (κ1) is 11.9. The second-order valence-electron chi connectivity index (χ2n) is 3.59. The number of benzene rings is 1. The van der Waals surface area contributed by atoms with Crippen molar-refractivity contribution in [3.8, 4) is 5.75 Å². The number of carbonyl (C=O) groups is 1. The molecule has 0 spiro atoms. The third-order valence-electron chi connectivity index (χ3n) is 2.48. The van der Waals surface area contributed by atoms with Crippen LogP contribution in [0.4, 0.5) is 0 Å². The Morgan fingerprint density at radius 2 is 2.00 bits per heavy atom. The predicted molar refractivity (Wildman–Crippen MR) is 69.8 cm³/mol. The van der Waals surface area contributed by atoms with Gasteiger partial charge in [0.25, 0.3) is 5.91 Å². The highest BCUT2D eigenvalue weighted by Crippen LogP contribution is 2.13. The van der Waals surface area contributed by atoms with Gasteiger partial charge in [-0.15, -0.1) is 0 Å². The van der Waals surface area contributed by atoms with Crippen LogP contribution in [0.15, 0.2) is 42.7 Å². The highest BCUT2D eigenvalue weighted by Gasteiger charge is 2.08. The van der Waals surface area contributed by atoms with Gasteiger partial charge in [-0.3, -0.25) is 9.36 Å². The SMILES string of the molecule is COc1ccc(C(=O)n2ccc(CBr)c2)cc1. The molecule has 2 rings (SSSR count). The average molecular weight is 294 g/mol. The normalized spacial score (nSPS) is 10.2. The Balaban J connectivity index is 2.23. The van der Waals surface area contributed by atoms with Crippen molar-refractivity contribution in [2.45, 2.75) is 5.33 Å². The number of halogens is 1. The smallest absolute Gasteiger partial charge is 0.261 e. The Bertz CT molecular complexity index is 516. The second kappa shape index (κ2) is 5.19. The minimum Gasteiger partial charge on any atom is -0.497 e. The van der Waals surface area contributed by atoms with E-state index in [1.54, 1.807) is 42.1 Å². The van der Waals surface area contributed by atoms with Gasteiger partial charge in [0.1, 0.15) is 5.75 Å². The number of nitrogens with zero attached hydrogens (tertiary/aromatic N) is 1. The van der Waals surface area contributed by atoms with Crippen molar-refractivity contribution in [3.05, 3.63) is 53.9 Å². The maximum Gasteiger partial charge on any atom is 0.261 e. The fourth-order valence-electron chi connectivity index (χ4n) is 1.53. The molecule has 0 aliphatic rings. The van der Waals surface area contributed by atoms with E-state index in [9.17, 15) is 4.79 Å². The van der Waals surface area contributed by atoms with Crippen LogP contribution in [0.25, 0.3) is 0 Å². The Labute approximate surface area is 108 Å². The van der Waals surface area contributed by atoms with Gasteiger partial charge in [0.05, 0.1) is 7.11 Å². The molecule has 88 valence electrons. The molecule has 0 unspecified atom stereocenters. The fourth-order valence-corrected chi connectivity index (χ4v) is 1.86. The summed E-state index contributed by atoms with van der Waals surface area (Å²) in [5, 5.41) is 0.746. The zero-order valence-electron chi connectivity index (χ0n) is 9.39. The van der Waals surface area contributed by atoms with Crippen molar-refractivity contribution in [1.82, 2.24) is 4.57 Å². The summed E-state index contributed by atoms with van der Waals surface area (Å²) in [6.45, 7) is 0. The second-order valence-corrected chi connectivity index (χ2v) is 4.16. The third kappa shape index (κ3) is 2.58. The molecule has 0 saturated carbocycles. The molecule has 0 fully saturated rings. The highest BCUT2D eigenvalue weighted by atomic mass is 79.9. The van der Waals surface area contributed by atoms with Gasteiger partial charge in [0.15, 0.2) is 0 Å². The third-order valence-corrected chi connectivity index (χ3v) is 3.13. The number of ether oxygens (including phenoxy) is 1. The van der Waals surface area contributed by atoms with E-state index in [2.05, 4.69) is 15.9 Å². The molecule has 0 bridgehead atoms. The first-order valence-electron chi connectivity index (χ1n) is 5.16. The van der Waals surface area contributed by atoms with E-state index in [4.69, 9.17) is 4.74 Å². The minimum atomic E-state index is -0.0418. The molecule has 17 heavy (non-hydrogen) atoms. The minimum absolute atomic E-state index is 0.0418. The lowest BCUT2D eigenvalue weighted by Gasteiger charge is -2.03. The molecule has 1 aromatic carbocycles. The van der Waals surface area contributed by atoms with E-state index in [0.717, 1.165) is 16.6 Å². The Morgan fingerprint density at radius 3 is 2.53 bits per heavy atom. The van der Waals surface area contributed by atoms with E-state index < -0.39 is 0 Å². The molecule has 1 heterocycles. The standard InChI is InChI=1S/C13H12BrNO2/c1-17-12-4-2-11(3-5-12)13(16)15-7-6-10(8-14)9-15/h2-7,9H,8H2,1H3. The number of aromatic nitrogens is 1. The van der Waals surface area contributed by atoms with Gasteiger partial charge in [-0.1, -0.05) is 15.9 Å². The maximum atomic E-state index is 12.1. The van der Waals surface area contributed by atoms with Gasteiger partial charge in [-0.2, -0.15) is 0 Å². The van der Waals surface area contributed by atoms with Crippen molar-refractivity contribution in [3.63, 3.8) is 0 Å². The number of rotatable bonds is 3. The van der Waals surface area contributed by atoms with E-state index >= 15 is 0 Å². The molecule has 2 aromatic rings. The lowest BCUT2D eigenvalue weighted by Crippen LogP contribution is -2.09. The molecule has 0 atom stereocenters. The Hall–Kier alpha value is -1.55. The zero-order chi connectivity index (χ0) is 12.3. The number of hydrogen-bond acceptors (Lipinski definition) is 2. The summed E-state index contributed by atoms with van der Waals surface area (Å²) < 4.78 is 6.63. The van der Waals surface area contributed by atoms with Crippen molar-refractivity contribution in [1.29, 1.82) is 0 Å². The highest BCUT2D eigenvalue weighted by molar-refractivity contribution is 9.08. The molecule has 0 aliphatic carbocycles. The van der Waals surface area contributed by atoms with E-state index in [0.29, 0.717) is 5.56 Å². The van der Waals surface area contributed by atoms with E-state index in [1.807, 2.05) is 12.3 Å². The van der Waals surface area contributed by atoms with Gasteiger partial charge in [-0.05, 0) is 35.9 Å². The number of methoxy groups -OCH3 is 1. The topological polar surface area (TPSA) is 31.2 Å². The van der Waals surface area contributed by atoms with Crippen molar-refractivity contribution in [2.24, 2.45) is 0 Å². The summed E-state index contributed by atoms with van der Waals surface area (Å²) in [5.74, 6) is 0.704. The summed E-state index contributed by atoms with van der Waals surface area (Å²) in [4.78, 5) is 12.1. The molecule has 0 N–H and O–H groups in total. The van der Waals surface area contributed by atoms with Crippen LogP contribution in [-0.2, 0) is 5.33 Å². The first-order valence-corrected chi connectivity index (χ1v) is 6.28. The van der Waals surface area contributed by atoms with Crippen LogP contribution in [0.5, 0.6) is 5.75 Å². The van der Waals surface area contributed by atoms with Crippen molar-refractivity contribution >= 4 is 21.8 Å². The van der Waals surface area contributed by atoms with Gasteiger partial charge in [-0.25, -0.2) is 0 Å². The predicted octanol–water partition coefficient (Wildman–Crippen LogP) is 3.08. The largest absolute Gasteiger partial charge is 0.497 e. The van der Waals surface area contributed by atoms with Gasteiger partial charge < -0.3 is 4.74 Å². The lowest BCUT2D eigenvalue weighted by molar-refractivity contribution is 0.0960. The fraction of sp³-hybridized carbons (Fsp3) is 0.154. The van der Waals surface area contributed by atoms with Crippen molar-refractivity contribution in [2.75, 3.05) is 7.11 Å². The quantitative estimate of drug-likeness (QED) is 0.815. The molecule has 3 nitrogen and oxygen atoms in total. The number of hydrogen-bond donors (Lipinski definition) is 0. The summed E-state index contributed by atoms with van der Waals surface area (Å²) in [6.07, 6.45) is 3.59. The summed E-state index contributed by atoms with van der Waals surface area (Å²) in [6, 6.07) is 8.99. The maximum absolute atomic E-state index is 12.1. The van der Waals surface area contributed by atoms with Gasteiger partial charge in [0, 0.05) is 23.3 Å². The molecule has 0 aliphatic heterocycles. The van der Waals surface area contributed by atoms with Crippen LogP contribution >= 0.6 is 15.9 Å². The van der Waals surface area contributed by atoms with E-state index in [1.165, 1.54) is 0 Å². The van der Waals surface area contributed by atoms with Gasteiger partial charge >= 0.3 is 0 Å². The molecular weight excluding hydrogens is 282 g/mol. The zero-order valence-corrected chi connectivity index (χ0v) is 11.0. The van der Waals surface area contributed by atoms with Crippen LogP contribution in [0.3, 0.4) is 0 Å². The molecule has 4 heteroatoms. The van der Waals surface area contributed by atoms with Crippen LogP contribution in [0, 0.1) is 0 Å². The van der Waals surface area contributed by atoms with E-state index in [-0.39, 0.29) is 5.91 Å². The first-order chi connectivity index (χ1) is 8.24. The van der Waals surface area contributed by atoms with Crippen LogP contribution < -0.4 is 4.74 Å². The number of alkyl halides is 1. The Kier molecular flexibility index (Phi) is 3.64. The lowest BCUT2D eigenvalue weighted by atomic mass is 10.2. The average Bonchev–Trinajstić information content (AvgIpc) is 2.87. The molecular formula is C13H12BrNO2. The molecule has 1 aromatic heterocycles. The monoisotopic (exact) mass is 293 g/mol. The summed E-state index contributed by atoms with van der Waals surface area (Å²) in [5.41, 5.74) is 1.72. The molecule has 0 saturated heterocycles. The molecule has 0 amide bonds. The van der Waals surface area contributed by atoms with Crippen molar-refractivity contribution < 1.29 is 9.53 Å². The van der Waals surface area contributed by atoms with Gasteiger partial charge in [0.2, 0.25) is 0 Å². The van der Waals surface area contributed by atoms with Crippen LogP contribution in [0.1, 0.15) is 15.9 Å². The summed E-state index contributed by atoms with van der Waals surface area (Å²) >= 11 is 3.35. The number of carbonyl (C=O) groups excluding carboxylic acids is 1.